The number of esters is 1. The molecule has 4 nitrogen and oxygen atoms in total. The van der Waals surface area contributed by atoms with Crippen molar-refractivity contribution in [2.75, 3.05) is 13.7 Å². The molecule has 0 radical (unpaired) electrons. The van der Waals surface area contributed by atoms with Crippen molar-refractivity contribution in [1.29, 1.82) is 0 Å². The summed E-state index contributed by atoms with van der Waals surface area (Å²) in [5.41, 5.74) is -1.74. The molecule has 1 aromatic carbocycles. The van der Waals surface area contributed by atoms with Crippen molar-refractivity contribution in [3.05, 3.63) is 46.8 Å². The summed E-state index contributed by atoms with van der Waals surface area (Å²) in [6.45, 7) is 5.16. The molecule has 1 heterocycles. The number of hydrogen-bond donors (Lipinski definition) is 0. The van der Waals surface area contributed by atoms with Gasteiger partial charge >= 0.3 is 12.1 Å². The predicted molar refractivity (Wildman–Crippen MR) is 91.0 cm³/mol. The third-order valence-corrected chi connectivity index (χ3v) is 3.70. The highest BCUT2D eigenvalue weighted by Crippen LogP contribution is 2.38. The molecule has 0 aliphatic rings. The van der Waals surface area contributed by atoms with E-state index in [-0.39, 0.29) is 23.8 Å². The Morgan fingerprint density at radius 2 is 1.89 bits per heavy atom. The molecule has 0 unspecified atom stereocenters. The van der Waals surface area contributed by atoms with E-state index in [9.17, 15) is 22.4 Å². The zero-order chi connectivity index (χ0) is 20.4. The molecule has 0 aliphatic heterocycles. The Kier molecular flexibility index (Phi) is 6.08. The fraction of sp³-hybridized carbons (Fsp3) is 0.368. The minimum atomic E-state index is -4.86. The molecule has 0 atom stereocenters. The van der Waals surface area contributed by atoms with Crippen LogP contribution < -0.4 is 4.74 Å². The lowest BCUT2D eigenvalue weighted by Crippen LogP contribution is -2.18. The molecule has 2 aromatic rings. The fourth-order valence-corrected chi connectivity index (χ4v) is 2.29. The zero-order valence-corrected chi connectivity index (χ0v) is 15.3. The van der Waals surface area contributed by atoms with Gasteiger partial charge in [-0.3, -0.25) is 0 Å². The normalized spacial score (nSPS) is 11.6. The molecule has 0 saturated carbocycles. The van der Waals surface area contributed by atoms with Crippen LogP contribution in [0.3, 0.4) is 0 Å². The van der Waals surface area contributed by atoms with Crippen molar-refractivity contribution in [2.45, 2.75) is 26.9 Å². The number of aromatic nitrogens is 1. The number of benzene rings is 1. The van der Waals surface area contributed by atoms with Gasteiger partial charge in [-0.05, 0) is 30.5 Å². The maximum Gasteiger partial charge on any atom is 0.417 e. The van der Waals surface area contributed by atoms with E-state index >= 15 is 0 Å². The van der Waals surface area contributed by atoms with E-state index in [0.29, 0.717) is 11.6 Å². The van der Waals surface area contributed by atoms with Crippen molar-refractivity contribution in [2.24, 2.45) is 5.92 Å². The van der Waals surface area contributed by atoms with Crippen LogP contribution in [0.4, 0.5) is 17.6 Å². The maximum atomic E-state index is 13.9. The Bertz CT molecular complexity index is 848. The van der Waals surface area contributed by atoms with Crippen LogP contribution in [0.5, 0.6) is 5.88 Å². The van der Waals surface area contributed by atoms with Crippen LogP contribution in [0.15, 0.2) is 24.3 Å². The second-order valence-corrected chi connectivity index (χ2v) is 6.39. The number of nitrogens with zero attached hydrogens (tertiary/aromatic N) is 1. The van der Waals surface area contributed by atoms with Gasteiger partial charge in [0.2, 0.25) is 5.88 Å². The van der Waals surface area contributed by atoms with Crippen LogP contribution in [-0.2, 0) is 10.9 Å². The zero-order valence-electron chi connectivity index (χ0n) is 15.3. The van der Waals surface area contributed by atoms with Crippen molar-refractivity contribution in [3.63, 3.8) is 0 Å². The summed E-state index contributed by atoms with van der Waals surface area (Å²) in [4.78, 5) is 16.0. The second kappa shape index (κ2) is 7.94. The summed E-state index contributed by atoms with van der Waals surface area (Å²) in [5.74, 6) is -2.31. The highest BCUT2D eigenvalue weighted by atomic mass is 19.4. The number of alkyl halides is 3. The van der Waals surface area contributed by atoms with Crippen molar-refractivity contribution in [3.8, 4) is 17.1 Å². The average molecular weight is 385 g/mol. The standard InChI is InChI=1S/C19H19F4NO3/c1-10(2)9-27-17-16(18(25)26-4)13(19(21,22)23)8-15(24-17)12-6-5-11(3)14(20)7-12/h5-8,10H,9H2,1-4H3. The number of carbonyl (C=O) groups excluding carboxylic acids is 1. The minimum Gasteiger partial charge on any atom is -0.477 e. The Balaban J connectivity index is 2.73. The quantitative estimate of drug-likeness (QED) is 0.535. The molecule has 0 amide bonds. The lowest BCUT2D eigenvalue weighted by Gasteiger charge is -2.18. The Hall–Kier alpha value is -2.64. The highest BCUT2D eigenvalue weighted by Gasteiger charge is 2.39. The smallest absolute Gasteiger partial charge is 0.417 e. The molecule has 0 N–H and O–H groups in total. The van der Waals surface area contributed by atoms with E-state index in [1.54, 1.807) is 13.8 Å². The average Bonchev–Trinajstić information content (AvgIpc) is 2.60. The first kappa shape index (κ1) is 20.7. The number of aryl methyl sites for hydroxylation is 1. The first-order valence-corrected chi connectivity index (χ1v) is 8.14. The first-order chi connectivity index (χ1) is 12.5. The summed E-state index contributed by atoms with van der Waals surface area (Å²) >= 11 is 0. The third-order valence-electron chi connectivity index (χ3n) is 3.70. The lowest BCUT2D eigenvalue weighted by atomic mass is 10.0. The summed E-state index contributed by atoms with van der Waals surface area (Å²) in [7, 11) is 0.970. The Morgan fingerprint density at radius 1 is 1.22 bits per heavy atom. The molecule has 1 aromatic heterocycles. The van der Waals surface area contributed by atoms with Crippen LogP contribution in [0.25, 0.3) is 11.3 Å². The summed E-state index contributed by atoms with van der Waals surface area (Å²) < 4.78 is 64.5. The number of ether oxygens (including phenoxy) is 2. The Morgan fingerprint density at radius 3 is 2.41 bits per heavy atom. The van der Waals surface area contributed by atoms with Crippen molar-refractivity contribution >= 4 is 5.97 Å². The number of carbonyl (C=O) groups is 1. The topological polar surface area (TPSA) is 48.4 Å². The highest BCUT2D eigenvalue weighted by molar-refractivity contribution is 5.94. The molecule has 0 bridgehead atoms. The number of halogens is 4. The van der Waals surface area contributed by atoms with E-state index in [1.807, 2.05) is 0 Å². The first-order valence-electron chi connectivity index (χ1n) is 8.14. The summed E-state index contributed by atoms with van der Waals surface area (Å²) in [6, 6.07) is 4.66. The van der Waals surface area contributed by atoms with E-state index in [2.05, 4.69) is 9.72 Å². The van der Waals surface area contributed by atoms with Gasteiger partial charge in [-0.2, -0.15) is 13.2 Å². The van der Waals surface area contributed by atoms with Crippen LogP contribution >= 0.6 is 0 Å². The van der Waals surface area contributed by atoms with Gasteiger partial charge in [0.15, 0.2) is 0 Å². The molecule has 8 heteroatoms. The van der Waals surface area contributed by atoms with E-state index < -0.39 is 35.0 Å². The fourth-order valence-electron chi connectivity index (χ4n) is 2.29. The number of rotatable bonds is 5. The summed E-state index contributed by atoms with van der Waals surface area (Å²) in [6.07, 6.45) is -4.86. The van der Waals surface area contributed by atoms with Gasteiger partial charge in [0.25, 0.3) is 0 Å². The van der Waals surface area contributed by atoms with Gasteiger partial charge < -0.3 is 9.47 Å². The van der Waals surface area contributed by atoms with Gasteiger partial charge in [0.05, 0.1) is 25.0 Å². The van der Waals surface area contributed by atoms with E-state index in [4.69, 9.17) is 4.74 Å². The molecular weight excluding hydrogens is 366 g/mol. The molecule has 0 saturated heterocycles. The molecular formula is C19H19F4NO3. The maximum absolute atomic E-state index is 13.9. The van der Waals surface area contributed by atoms with Crippen LogP contribution in [-0.4, -0.2) is 24.7 Å². The predicted octanol–water partition coefficient (Wildman–Crippen LogP) is 5.04. The van der Waals surface area contributed by atoms with Crippen LogP contribution in [0.1, 0.15) is 35.3 Å². The third kappa shape index (κ3) is 4.75. The van der Waals surface area contributed by atoms with Gasteiger partial charge in [0, 0.05) is 5.56 Å². The van der Waals surface area contributed by atoms with Crippen LogP contribution in [0.2, 0.25) is 0 Å². The minimum absolute atomic E-state index is 0.0212. The van der Waals surface area contributed by atoms with Crippen LogP contribution in [0, 0.1) is 18.7 Å². The lowest BCUT2D eigenvalue weighted by molar-refractivity contribution is -0.138. The molecule has 0 fully saturated rings. The van der Waals surface area contributed by atoms with Gasteiger partial charge in [0.1, 0.15) is 11.4 Å². The largest absolute Gasteiger partial charge is 0.477 e. The molecule has 146 valence electrons. The van der Waals surface area contributed by atoms with Gasteiger partial charge in [-0.1, -0.05) is 26.0 Å². The number of methoxy groups -OCH3 is 1. The molecule has 0 spiro atoms. The molecule has 27 heavy (non-hydrogen) atoms. The second-order valence-electron chi connectivity index (χ2n) is 6.39. The molecule has 0 aliphatic carbocycles. The summed E-state index contributed by atoms with van der Waals surface area (Å²) in [5, 5.41) is 0. The monoisotopic (exact) mass is 385 g/mol. The van der Waals surface area contributed by atoms with Crippen molar-refractivity contribution < 1.29 is 31.8 Å². The van der Waals surface area contributed by atoms with E-state index in [0.717, 1.165) is 13.2 Å². The number of pyridine rings is 1. The number of hydrogen-bond acceptors (Lipinski definition) is 4. The SMILES string of the molecule is COC(=O)c1c(C(F)(F)F)cc(-c2ccc(C)c(F)c2)nc1OCC(C)C. The van der Waals surface area contributed by atoms with Crippen molar-refractivity contribution in [1.82, 2.24) is 4.98 Å². The van der Waals surface area contributed by atoms with E-state index in [1.165, 1.54) is 19.1 Å². The van der Waals surface area contributed by atoms with Gasteiger partial charge in [-0.15, -0.1) is 0 Å². The Labute approximate surface area is 154 Å². The molecule has 2 rings (SSSR count). The van der Waals surface area contributed by atoms with Gasteiger partial charge in [-0.25, -0.2) is 14.2 Å².